The number of carboxylic acid groups (broad SMARTS) is 1. The summed E-state index contributed by atoms with van der Waals surface area (Å²) in [6.45, 7) is 7.85. The lowest BCUT2D eigenvalue weighted by atomic mass is 9.89. The van der Waals surface area contributed by atoms with Crippen LogP contribution in [0.1, 0.15) is 40.4 Å². The van der Waals surface area contributed by atoms with Crippen molar-refractivity contribution in [1.82, 2.24) is 28.6 Å². The van der Waals surface area contributed by atoms with E-state index in [-0.39, 0.29) is 30.8 Å². The van der Waals surface area contributed by atoms with Crippen molar-refractivity contribution in [3.05, 3.63) is 83.6 Å². The summed E-state index contributed by atoms with van der Waals surface area (Å²) in [6.07, 6.45) is 6.83. The molecule has 6 rings (SSSR count). The van der Waals surface area contributed by atoms with Crippen LogP contribution in [0.2, 0.25) is 0 Å². The molecular formula is C32H32N8O4S. The Balaban J connectivity index is 1.44. The molecule has 13 heteroatoms. The topological polar surface area (TPSA) is 159 Å². The highest BCUT2D eigenvalue weighted by molar-refractivity contribution is 7.89. The molecule has 1 saturated heterocycles. The van der Waals surface area contributed by atoms with Crippen LogP contribution in [0.4, 0.5) is 11.4 Å². The number of aromatic nitrogens is 5. The fourth-order valence-corrected chi connectivity index (χ4v) is 7.11. The molecule has 0 unspecified atom stereocenters. The van der Waals surface area contributed by atoms with Crippen molar-refractivity contribution in [1.29, 1.82) is 5.26 Å². The van der Waals surface area contributed by atoms with Crippen molar-refractivity contribution in [2.45, 2.75) is 39.7 Å². The lowest BCUT2D eigenvalue weighted by molar-refractivity contribution is 0.0698. The molecule has 230 valence electrons. The van der Waals surface area contributed by atoms with Crippen LogP contribution >= 0.6 is 0 Å². The first-order chi connectivity index (χ1) is 21.5. The highest BCUT2D eigenvalue weighted by Gasteiger charge is 2.49. The number of hydrogen-bond acceptors (Lipinski definition) is 8. The largest absolute Gasteiger partial charge is 0.478 e. The molecule has 0 atom stereocenters. The van der Waals surface area contributed by atoms with Gasteiger partial charge in [0.1, 0.15) is 17.5 Å². The molecule has 3 aromatic heterocycles. The maximum Gasteiger partial charge on any atom is 0.337 e. The predicted octanol–water partition coefficient (Wildman–Crippen LogP) is 4.93. The Bertz CT molecular complexity index is 2120. The highest BCUT2D eigenvalue weighted by Crippen LogP contribution is 2.38. The Morgan fingerprint density at radius 3 is 2.60 bits per heavy atom. The number of nitriles is 1. The number of nitrogens with zero attached hydrogens (tertiary/aromatic N) is 7. The standard InChI is InChI=1S/C32H32N8O4S/c1-5-45(43,44)38-17-32(18-38,12-13-33)40-16-23(15-36-40)27-24-11-14-39(30(24)35-19-34-27)29-21(3)9-10-25(31(41)42)28(29)37-26-8-6-7-20(2)22(26)4/h6-11,14-16,19,37H,5,12,17-18H2,1-4H3,(H,41,42). The van der Waals surface area contributed by atoms with E-state index in [2.05, 4.69) is 26.5 Å². The Morgan fingerprint density at radius 2 is 1.89 bits per heavy atom. The summed E-state index contributed by atoms with van der Waals surface area (Å²) in [6, 6.07) is 13.3. The fourth-order valence-electron chi connectivity index (χ4n) is 5.87. The maximum atomic E-state index is 12.4. The first-order valence-electron chi connectivity index (χ1n) is 14.4. The molecule has 1 fully saturated rings. The van der Waals surface area contributed by atoms with Gasteiger partial charge in [-0.3, -0.25) is 9.25 Å². The lowest BCUT2D eigenvalue weighted by Crippen LogP contribution is -2.64. The van der Waals surface area contributed by atoms with Crippen molar-refractivity contribution >= 4 is 38.4 Å². The summed E-state index contributed by atoms with van der Waals surface area (Å²) < 4.78 is 29.7. The van der Waals surface area contributed by atoms with Gasteiger partial charge in [0.15, 0.2) is 0 Å². The number of nitrogens with one attached hydrogen (secondary N) is 1. The van der Waals surface area contributed by atoms with Crippen molar-refractivity contribution < 1.29 is 18.3 Å². The normalized spacial score (nSPS) is 14.6. The number of aromatic carboxylic acids is 1. The molecule has 4 heterocycles. The Kier molecular flexibility index (Phi) is 7.42. The molecule has 0 amide bonds. The Hall–Kier alpha value is -5.06. The average molecular weight is 625 g/mol. The van der Waals surface area contributed by atoms with Crippen molar-refractivity contribution in [3.63, 3.8) is 0 Å². The number of aryl methyl sites for hydroxylation is 2. The molecule has 45 heavy (non-hydrogen) atoms. The molecule has 0 spiro atoms. The quantitative estimate of drug-likeness (QED) is 0.232. The van der Waals surface area contributed by atoms with E-state index in [0.717, 1.165) is 22.4 Å². The monoisotopic (exact) mass is 624 g/mol. The van der Waals surface area contributed by atoms with Crippen LogP contribution in [-0.4, -0.2) is 67.0 Å². The molecule has 1 aliphatic heterocycles. The van der Waals surface area contributed by atoms with Crippen LogP contribution in [0.3, 0.4) is 0 Å². The summed E-state index contributed by atoms with van der Waals surface area (Å²) in [7, 11) is -3.38. The van der Waals surface area contributed by atoms with Crippen LogP contribution < -0.4 is 5.32 Å². The van der Waals surface area contributed by atoms with E-state index in [0.29, 0.717) is 33.7 Å². The first kappa shape index (κ1) is 30.0. The van der Waals surface area contributed by atoms with Gasteiger partial charge in [0.2, 0.25) is 10.0 Å². The average Bonchev–Trinajstić information content (AvgIpc) is 3.65. The summed E-state index contributed by atoms with van der Waals surface area (Å²) in [5.41, 5.74) is 6.02. The summed E-state index contributed by atoms with van der Waals surface area (Å²) in [5, 5.41) is 28.4. The van der Waals surface area contributed by atoms with Crippen LogP contribution in [0, 0.1) is 32.1 Å². The third-order valence-electron chi connectivity index (χ3n) is 8.65. The Morgan fingerprint density at radius 1 is 1.11 bits per heavy atom. The zero-order chi connectivity index (χ0) is 32.1. The Labute approximate surface area is 260 Å². The van der Waals surface area contributed by atoms with Crippen molar-refractivity contribution in [2.24, 2.45) is 0 Å². The number of sulfonamides is 1. The van der Waals surface area contributed by atoms with E-state index >= 15 is 0 Å². The van der Waals surface area contributed by atoms with Gasteiger partial charge in [0.05, 0.1) is 47.1 Å². The SMILES string of the molecule is CCS(=O)(=O)N1CC(CC#N)(n2cc(-c3ncnc4c3ccn4-c3c(C)ccc(C(=O)O)c3Nc3cccc(C)c3C)cn2)C1. The minimum Gasteiger partial charge on any atom is -0.478 e. The van der Waals surface area contributed by atoms with Gasteiger partial charge in [-0.15, -0.1) is 0 Å². The fraction of sp³-hybridized carbons (Fsp3) is 0.281. The second-order valence-electron chi connectivity index (χ2n) is 11.4. The van der Waals surface area contributed by atoms with Gasteiger partial charge in [-0.25, -0.2) is 23.2 Å². The van der Waals surface area contributed by atoms with Crippen molar-refractivity contribution in [3.8, 4) is 23.0 Å². The smallest absolute Gasteiger partial charge is 0.337 e. The minimum absolute atomic E-state index is 0.00737. The van der Waals surface area contributed by atoms with E-state index in [1.165, 1.54) is 10.6 Å². The number of benzene rings is 2. The molecule has 1 aliphatic rings. The molecule has 5 aromatic rings. The lowest BCUT2D eigenvalue weighted by Gasteiger charge is -2.47. The van der Waals surface area contributed by atoms with Gasteiger partial charge in [-0.1, -0.05) is 18.2 Å². The molecule has 0 saturated carbocycles. The number of anilines is 2. The van der Waals surface area contributed by atoms with Gasteiger partial charge in [-0.2, -0.15) is 14.7 Å². The van der Waals surface area contributed by atoms with Crippen molar-refractivity contribution in [2.75, 3.05) is 24.2 Å². The molecule has 0 radical (unpaired) electrons. The van der Waals surface area contributed by atoms with Crippen LogP contribution in [0.5, 0.6) is 0 Å². The van der Waals surface area contributed by atoms with E-state index in [9.17, 15) is 23.6 Å². The number of hydrogen-bond donors (Lipinski definition) is 2. The zero-order valence-electron chi connectivity index (χ0n) is 25.3. The van der Waals surface area contributed by atoms with Crippen LogP contribution in [0.15, 0.2) is 61.3 Å². The van der Waals surface area contributed by atoms with E-state index in [4.69, 9.17) is 0 Å². The van der Waals surface area contributed by atoms with Crippen LogP contribution in [0.25, 0.3) is 28.0 Å². The molecule has 2 aromatic carbocycles. The molecule has 0 aliphatic carbocycles. The van der Waals surface area contributed by atoms with Gasteiger partial charge < -0.3 is 10.4 Å². The number of carbonyl (C=O) groups is 1. The first-order valence-corrected chi connectivity index (χ1v) is 16.0. The minimum atomic E-state index is -3.38. The van der Waals surface area contributed by atoms with E-state index in [1.807, 2.05) is 55.8 Å². The number of fused-ring (bicyclic) bond motifs is 1. The predicted molar refractivity (Wildman–Crippen MR) is 170 cm³/mol. The van der Waals surface area contributed by atoms with E-state index < -0.39 is 21.5 Å². The summed E-state index contributed by atoms with van der Waals surface area (Å²) in [4.78, 5) is 21.6. The molecule has 12 nitrogen and oxygen atoms in total. The van der Waals surface area contributed by atoms with Gasteiger partial charge >= 0.3 is 5.97 Å². The van der Waals surface area contributed by atoms with Gasteiger partial charge in [0.25, 0.3) is 0 Å². The van der Waals surface area contributed by atoms with Gasteiger partial charge in [-0.05, 0) is 62.6 Å². The molecular weight excluding hydrogens is 592 g/mol. The number of carboxylic acids is 1. The summed E-state index contributed by atoms with van der Waals surface area (Å²) in [5.74, 6) is -1.07. The van der Waals surface area contributed by atoms with E-state index in [1.54, 1.807) is 36.1 Å². The summed E-state index contributed by atoms with van der Waals surface area (Å²) >= 11 is 0. The third kappa shape index (κ3) is 5.01. The van der Waals surface area contributed by atoms with Gasteiger partial charge in [0, 0.05) is 42.1 Å². The maximum absolute atomic E-state index is 12.4. The number of rotatable bonds is 9. The third-order valence-corrected chi connectivity index (χ3v) is 10.4. The molecule has 2 N–H and O–H groups in total. The zero-order valence-corrected chi connectivity index (χ0v) is 26.1. The highest BCUT2D eigenvalue weighted by atomic mass is 32.2. The second kappa shape index (κ2) is 11.1. The van der Waals surface area contributed by atoms with Crippen LogP contribution in [-0.2, 0) is 15.6 Å². The molecule has 0 bridgehead atoms. The second-order valence-corrected chi connectivity index (χ2v) is 13.6.